The summed E-state index contributed by atoms with van der Waals surface area (Å²) in [6.07, 6.45) is 7.49. The Hall–Kier alpha value is -2.14. The lowest BCUT2D eigenvalue weighted by Gasteiger charge is -2.49. The summed E-state index contributed by atoms with van der Waals surface area (Å²) in [5.74, 6) is 0.331. The molecule has 5 heteroatoms. The molecule has 5 nitrogen and oxygen atoms in total. The lowest BCUT2D eigenvalue weighted by atomic mass is 9.67. The van der Waals surface area contributed by atoms with Crippen LogP contribution < -0.4 is 0 Å². The Morgan fingerprint density at radius 1 is 1.11 bits per heavy atom. The van der Waals surface area contributed by atoms with Gasteiger partial charge in [0.15, 0.2) is 0 Å². The maximum atomic E-state index is 13.0. The first-order chi connectivity index (χ1) is 13.6. The average Bonchev–Trinajstić information content (AvgIpc) is 3.20. The highest BCUT2D eigenvalue weighted by Gasteiger charge is 2.45. The standard InChI is InChI=1S/C23H32N4O/c1-3-26-18-23(14-21(22(26)28)20-8-6-5-7-9-20)10-12-25(13-11-23)16-19-15-24-27(4-2)17-19/h5-9,15,17,21H,3-4,10-14,16,18H2,1-2H3/t21-/m1/s1. The number of aromatic nitrogens is 2. The van der Waals surface area contributed by atoms with Crippen LogP contribution in [0.3, 0.4) is 0 Å². The third-order valence-corrected chi connectivity index (χ3v) is 6.69. The normalized spacial score (nSPS) is 22.7. The fourth-order valence-corrected chi connectivity index (χ4v) is 4.97. The molecule has 28 heavy (non-hydrogen) atoms. The number of benzene rings is 1. The Labute approximate surface area is 168 Å². The molecule has 2 fully saturated rings. The zero-order chi connectivity index (χ0) is 19.6. The number of carbonyl (C=O) groups excluding carboxylic acids is 1. The summed E-state index contributed by atoms with van der Waals surface area (Å²) in [7, 11) is 0. The van der Waals surface area contributed by atoms with Crippen molar-refractivity contribution in [3.05, 3.63) is 53.9 Å². The van der Waals surface area contributed by atoms with Gasteiger partial charge in [-0.1, -0.05) is 30.3 Å². The second-order valence-electron chi connectivity index (χ2n) is 8.50. The smallest absolute Gasteiger partial charge is 0.230 e. The summed E-state index contributed by atoms with van der Waals surface area (Å²) >= 11 is 0. The van der Waals surface area contributed by atoms with Crippen molar-refractivity contribution in [3.8, 4) is 0 Å². The van der Waals surface area contributed by atoms with Gasteiger partial charge >= 0.3 is 0 Å². The van der Waals surface area contributed by atoms with E-state index in [1.807, 2.05) is 16.9 Å². The monoisotopic (exact) mass is 380 g/mol. The fourth-order valence-electron chi connectivity index (χ4n) is 4.97. The molecule has 0 N–H and O–H groups in total. The van der Waals surface area contributed by atoms with Gasteiger partial charge in [0.1, 0.15) is 0 Å². The second-order valence-corrected chi connectivity index (χ2v) is 8.50. The molecule has 150 valence electrons. The molecular weight excluding hydrogens is 348 g/mol. The molecule has 2 aromatic rings. The van der Waals surface area contributed by atoms with Crippen LogP contribution in [-0.4, -0.2) is 51.7 Å². The topological polar surface area (TPSA) is 41.4 Å². The molecule has 2 saturated heterocycles. The molecule has 0 unspecified atom stereocenters. The molecule has 1 aromatic carbocycles. The molecule has 0 radical (unpaired) electrons. The average molecular weight is 381 g/mol. The van der Waals surface area contributed by atoms with Gasteiger partial charge in [0.05, 0.1) is 12.1 Å². The predicted molar refractivity (Wildman–Crippen MR) is 111 cm³/mol. The largest absolute Gasteiger partial charge is 0.342 e. The zero-order valence-electron chi connectivity index (χ0n) is 17.2. The first kappa shape index (κ1) is 19.2. The number of carbonyl (C=O) groups is 1. The van der Waals surface area contributed by atoms with Crippen molar-refractivity contribution in [1.82, 2.24) is 19.6 Å². The van der Waals surface area contributed by atoms with E-state index in [-0.39, 0.29) is 11.3 Å². The van der Waals surface area contributed by atoms with Crippen molar-refractivity contribution in [2.45, 2.75) is 52.1 Å². The fraction of sp³-hybridized carbons (Fsp3) is 0.565. The summed E-state index contributed by atoms with van der Waals surface area (Å²) in [5, 5.41) is 4.40. The Morgan fingerprint density at radius 3 is 2.50 bits per heavy atom. The van der Waals surface area contributed by atoms with E-state index in [4.69, 9.17) is 0 Å². The van der Waals surface area contributed by atoms with E-state index in [2.05, 4.69) is 59.2 Å². The summed E-state index contributed by atoms with van der Waals surface area (Å²) in [4.78, 5) is 17.7. The van der Waals surface area contributed by atoms with Crippen LogP contribution in [0.1, 0.15) is 50.2 Å². The molecule has 0 bridgehead atoms. The van der Waals surface area contributed by atoms with Crippen LogP contribution in [0.4, 0.5) is 0 Å². The minimum atomic E-state index is 0.0178. The van der Waals surface area contributed by atoms with Crippen LogP contribution in [0, 0.1) is 5.41 Å². The summed E-state index contributed by atoms with van der Waals surface area (Å²) in [6, 6.07) is 10.4. The van der Waals surface area contributed by atoms with Crippen molar-refractivity contribution in [2.75, 3.05) is 26.2 Å². The molecule has 1 aromatic heterocycles. The number of hydrogen-bond donors (Lipinski definition) is 0. The highest BCUT2D eigenvalue weighted by molar-refractivity contribution is 5.84. The maximum Gasteiger partial charge on any atom is 0.230 e. The molecule has 1 spiro atoms. The molecule has 1 atom stereocenters. The summed E-state index contributed by atoms with van der Waals surface area (Å²) in [6.45, 7) is 10.1. The number of amides is 1. The Balaban J connectivity index is 1.45. The van der Waals surface area contributed by atoms with Crippen molar-refractivity contribution in [3.63, 3.8) is 0 Å². The zero-order valence-corrected chi connectivity index (χ0v) is 17.2. The lowest BCUT2D eigenvalue weighted by molar-refractivity contribution is -0.141. The van der Waals surface area contributed by atoms with Crippen LogP contribution in [-0.2, 0) is 17.9 Å². The number of rotatable bonds is 5. The van der Waals surface area contributed by atoms with Crippen LogP contribution in [0.5, 0.6) is 0 Å². The van der Waals surface area contributed by atoms with Crippen molar-refractivity contribution < 1.29 is 4.79 Å². The van der Waals surface area contributed by atoms with Crippen LogP contribution >= 0.6 is 0 Å². The summed E-state index contributed by atoms with van der Waals surface area (Å²) < 4.78 is 2.00. The molecule has 0 aliphatic carbocycles. The lowest BCUT2D eigenvalue weighted by Crippen LogP contribution is -2.53. The van der Waals surface area contributed by atoms with Gasteiger partial charge < -0.3 is 4.90 Å². The number of piperidine rings is 2. The highest BCUT2D eigenvalue weighted by atomic mass is 16.2. The molecule has 2 aliphatic heterocycles. The van der Waals surface area contributed by atoms with Gasteiger partial charge in [-0.2, -0.15) is 5.10 Å². The first-order valence-corrected chi connectivity index (χ1v) is 10.7. The number of likely N-dealkylation sites (N-methyl/N-ethyl adjacent to an activating group) is 1. The third kappa shape index (κ3) is 3.86. The quantitative estimate of drug-likeness (QED) is 0.797. The number of likely N-dealkylation sites (tertiary alicyclic amines) is 2. The van der Waals surface area contributed by atoms with E-state index in [0.717, 1.165) is 45.7 Å². The van der Waals surface area contributed by atoms with E-state index in [1.54, 1.807) is 0 Å². The van der Waals surface area contributed by atoms with Crippen LogP contribution in [0.2, 0.25) is 0 Å². The molecule has 3 heterocycles. The molecule has 4 rings (SSSR count). The van der Waals surface area contributed by atoms with Gasteiger partial charge in [-0.05, 0) is 57.2 Å². The molecule has 2 aliphatic rings. The van der Waals surface area contributed by atoms with E-state index in [9.17, 15) is 4.79 Å². The second kappa shape index (κ2) is 8.08. The molecule has 0 saturated carbocycles. The Kier molecular flexibility index (Phi) is 5.54. The minimum absolute atomic E-state index is 0.0178. The third-order valence-electron chi connectivity index (χ3n) is 6.69. The summed E-state index contributed by atoms with van der Waals surface area (Å²) in [5.41, 5.74) is 2.74. The first-order valence-electron chi connectivity index (χ1n) is 10.7. The van der Waals surface area contributed by atoms with E-state index >= 15 is 0 Å². The van der Waals surface area contributed by atoms with Gasteiger partial charge in [-0.25, -0.2) is 0 Å². The van der Waals surface area contributed by atoms with Gasteiger partial charge in [-0.3, -0.25) is 14.4 Å². The van der Waals surface area contributed by atoms with Crippen molar-refractivity contribution in [2.24, 2.45) is 5.41 Å². The number of hydrogen-bond acceptors (Lipinski definition) is 3. The van der Waals surface area contributed by atoms with Gasteiger partial charge in [0.2, 0.25) is 5.91 Å². The molecular formula is C23H32N4O. The van der Waals surface area contributed by atoms with Gasteiger partial charge in [0, 0.05) is 37.9 Å². The Bertz CT molecular complexity index is 792. The highest BCUT2D eigenvalue weighted by Crippen LogP contribution is 2.45. The Morgan fingerprint density at radius 2 is 1.86 bits per heavy atom. The number of nitrogens with zero attached hydrogens (tertiary/aromatic N) is 4. The van der Waals surface area contributed by atoms with Gasteiger partial charge in [-0.15, -0.1) is 0 Å². The van der Waals surface area contributed by atoms with E-state index in [0.29, 0.717) is 5.91 Å². The number of aryl methyl sites for hydroxylation is 1. The van der Waals surface area contributed by atoms with Crippen molar-refractivity contribution >= 4 is 5.91 Å². The SMILES string of the molecule is CCN1CC2(CCN(Cc3cnn(CC)c3)CC2)C[C@H](c2ccccc2)C1=O. The maximum absolute atomic E-state index is 13.0. The predicted octanol–water partition coefficient (Wildman–Crippen LogP) is 3.52. The van der Waals surface area contributed by atoms with E-state index in [1.165, 1.54) is 24.0 Å². The van der Waals surface area contributed by atoms with E-state index < -0.39 is 0 Å². The van der Waals surface area contributed by atoms with Crippen LogP contribution in [0.15, 0.2) is 42.7 Å². The van der Waals surface area contributed by atoms with Crippen molar-refractivity contribution in [1.29, 1.82) is 0 Å². The van der Waals surface area contributed by atoms with Crippen LogP contribution in [0.25, 0.3) is 0 Å². The van der Waals surface area contributed by atoms with Gasteiger partial charge in [0.25, 0.3) is 0 Å². The minimum Gasteiger partial charge on any atom is -0.342 e. The molecule has 1 amide bonds.